The minimum absolute atomic E-state index is 0.0936. The first-order valence-corrected chi connectivity index (χ1v) is 19.6. The summed E-state index contributed by atoms with van der Waals surface area (Å²) in [6, 6.07) is 13.6. The summed E-state index contributed by atoms with van der Waals surface area (Å²) in [7, 11) is 1.85. The summed E-state index contributed by atoms with van der Waals surface area (Å²) in [6.07, 6.45) is 36.5. The summed E-state index contributed by atoms with van der Waals surface area (Å²) < 4.78 is 0. The van der Waals surface area contributed by atoms with Crippen molar-refractivity contribution in [1.29, 1.82) is 0 Å². The number of fused-ring (bicyclic) bond motifs is 1. The van der Waals surface area contributed by atoms with E-state index in [1.807, 2.05) is 49.5 Å². The third kappa shape index (κ3) is 14.8. The largest absolute Gasteiger partial charge is 0.366 e. The van der Waals surface area contributed by atoms with Gasteiger partial charge in [0.05, 0.1) is 11.1 Å². The van der Waals surface area contributed by atoms with Crippen LogP contribution in [0.25, 0.3) is 10.8 Å². The first-order valence-electron chi connectivity index (χ1n) is 19.6. The number of aromatic nitrogens is 1. The lowest BCUT2D eigenvalue weighted by molar-refractivity contribution is 0.0788. The fraction of sp³-hybridized carbons (Fsp3) is 0.628. The zero-order valence-electron chi connectivity index (χ0n) is 30.1. The van der Waals surface area contributed by atoms with E-state index in [2.05, 4.69) is 11.9 Å². The lowest BCUT2D eigenvalue weighted by Gasteiger charge is -2.17. The molecular weight excluding hydrogens is 576 g/mol. The SMILES string of the molecule is CCCCCCCCCCCCCCCCCCCCCCCCCCN(C)C(=O)c1c[nH]cc1C(=O)c1cccc2ccccc12. The Balaban J connectivity index is 1.13. The van der Waals surface area contributed by atoms with Crippen LogP contribution in [-0.2, 0) is 0 Å². The first-order chi connectivity index (χ1) is 23.1. The molecule has 47 heavy (non-hydrogen) atoms. The third-order valence-electron chi connectivity index (χ3n) is 9.95. The van der Waals surface area contributed by atoms with Crippen molar-refractivity contribution in [3.63, 3.8) is 0 Å². The van der Waals surface area contributed by atoms with Gasteiger partial charge in [-0.05, 0) is 17.2 Å². The summed E-state index contributed by atoms with van der Waals surface area (Å²) in [5, 5.41) is 1.93. The smallest absolute Gasteiger partial charge is 0.255 e. The Morgan fingerprint density at radius 1 is 0.511 bits per heavy atom. The number of aromatic amines is 1. The molecule has 0 atom stereocenters. The number of amides is 1. The van der Waals surface area contributed by atoms with Crippen molar-refractivity contribution >= 4 is 22.5 Å². The van der Waals surface area contributed by atoms with Gasteiger partial charge in [0.2, 0.25) is 0 Å². The molecule has 1 heterocycles. The van der Waals surface area contributed by atoms with Gasteiger partial charge in [-0.25, -0.2) is 0 Å². The normalized spacial score (nSPS) is 11.4. The van der Waals surface area contributed by atoms with Gasteiger partial charge < -0.3 is 9.88 Å². The number of hydrogen-bond donors (Lipinski definition) is 1. The average Bonchev–Trinajstić information content (AvgIpc) is 3.59. The Labute approximate surface area is 287 Å². The van der Waals surface area contributed by atoms with Crippen molar-refractivity contribution in [2.75, 3.05) is 13.6 Å². The number of hydrogen-bond acceptors (Lipinski definition) is 2. The molecule has 4 nitrogen and oxygen atoms in total. The van der Waals surface area contributed by atoms with Gasteiger partial charge >= 0.3 is 0 Å². The van der Waals surface area contributed by atoms with Crippen molar-refractivity contribution in [1.82, 2.24) is 9.88 Å². The fourth-order valence-corrected chi connectivity index (χ4v) is 6.92. The lowest BCUT2D eigenvalue weighted by Crippen LogP contribution is -2.28. The van der Waals surface area contributed by atoms with Crippen molar-refractivity contribution in [3.05, 3.63) is 71.5 Å². The van der Waals surface area contributed by atoms with E-state index in [0.717, 1.165) is 23.6 Å². The van der Waals surface area contributed by atoms with Gasteiger partial charge in [-0.2, -0.15) is 0 Å². The number of carbonyl (C=O) groups is 2. The van der Waals surface area contributed by atoms with Crippen molar-refractivity contribution in [2.45, 2.75) is 161 Å². The number of unbranched alkanes of at least 4 members (excludes halogenated alkanes) is 23. The molecule has 0 bridgehead atoms. The van der Waals surface area contributed by atoms with E-state index in [1.54, 1.807) is 17.3 Å². The first kappa shape index (κ1) is 38.6. The molecule has 3 rings (SSSR count). The summed E-state index contributed by atoms with van der Waals surface area (Å²) in [4.78, 5) is 31.5. The number of rotatable bonds is 28. The molecule has 0 saturated heterocycles. The van der Waals surface area contributed by atoms with Crippen LogP contribution in [0, 0.1) is 0 Å². The average molecular weight is 643 g/mol. The van der Waals surface area contributed by atoms with Crippen molar-refractivity contribution in [3.8, 4) is 0 Å². The number of H-pyrrole nitrogens is 1. The van der Waals surface area contributed by atoms with Crippen LogP contribution in [-0.4, -0.2) is 35.2 Å². The summed E-state index contributed by atoms with van der Waals surface area (Å²) >= 11 is 0. The number of nitrogens with zero attached hydrogens (tertiary/aromatic N) is 1. The Morgan fingerprint density at radius 2 is 0.936 bits per heavy atom. The van der Waals surface area contributed by atoms with Gasteiger partial charge in [-0.1, -0.05) is 197 Å². The second-order valence-corrected chi connectivity index (χ2v) is 14.0. The molecule has 260 valence electrons. The number of benzene rings is 2. The maximum atomic E-state index is 13.5. The summed E-state index contributed by atoms with van der Waals surface area (Å²) in [6.45, 7) is 3.01. The Bertz CT molecular complexity index is 1260. The minimum Gasteiger partial charge on any atom is -0.366 e. The van der Waals surface area contributed by atoms with Crippen LogP contribution in [0.2, 0.25) is 0 Å². The van der Waals surface area contributed by atoms with Gasteiger partial charge in [0.15, 0.2) is 5.78 Å². The van der Waals surface area contributed by atoms with E-state index in [9.17, 15) is 9.59 Å². The van der Waals surface area contributed by atoms with Crippen LogP contribution in [0.15, 0.2) is 54.9 Å². The summed E-state index contributed by atoms with van der Waals surface area (Å²) in [5.41, 5.74) is 1.52. The molecule has 0 aliphatic heterocycles. The predicted octanol–water partition coefficient (Wildman–Crippen LogP) is 12.9. The molecule has 0 saturated carbocycles. The van der Waals surface area contributed by atoms with Gasteiger partial charge in [0, 0.05) is 31.5 Å². The highest BCUT2D eigenvalue weighted by Gasteiger charge is 2.23. The summed E-state index contributed by atoms with van der Waals surface area (Å²) in [5.74, 6) is -0.210. The van der Waals surface area contributed by atoms with E-state index in [1.165, 1.54) is 141 Å². The van der Waals surface area contributed by atoms with E-state index in [0.29, 0.717) is 23.2 Å². The standard InChI is InChI=1S/C43H66N2O2/c1-3-4-5-6-7-8-9-10-11-12-13-14-15-16-17-18-19-20-21-22-23-24-25-28-34-45(2)43(47)41-36-44-35-40(41)42(46)39-33-29-31-37-30-26-27-32-38(37)39/h26-27,29-33,35-36,44H,3-25,28,34H2,1-2H3. The van der Waals surface area contributed by atoms with Gasteiger partial charge in [0.1, 0.15) is 0 Å². The number of ketones is 1. The van der Waals surface area contributed by atoms with Crippen LogP contribution < -0.4 is 0 Å². The lowest BCUT2D eigenvalue weighted by atomic mass is 9.96. The van der Waals surface area contributed by atoms with Gasteiger partial charge in [0.25, 0.3) is 5.91 Å². The van der Waals surface area contributed by atoms with E-state index >= 15 is 0 Å². The molecule has 0 unspecified atom stereocenters. The molecule has 0 spiro atoms. The molecule has 0 aliphatic carbocycles. The van der Waals surface area contributed by atoms with E-state index < -0.39 is 0 Å². The molecule has 3 aromatic rings. The zero-order valence-corrected chi connectivity index (χ0v) is 30.1. The second-order valence-electron chi connectivity index (χ2n) is 14.0. The minimum atomic E-state index is -0.116. The van der Waals surface area contributed by atoms with Crippen molar-refractivity contribution in [2.24, 2.45) is 0 Å². The molecule has 0 aliphatic rings. The molecule has 1 N–H and O–H groups in total. The quantitative estimate of drug-likeness (QED) is 0.0633. The molecule has 2 aromatic carbocycles. The van der Waals surface area contributed by atoms with Crippen LogP contribution in [0.3, 0.4) is 0 Å². The fourth-order valence-electron chi connectivity index (χ4n) is 6.92. The highest BCUT2D eigenvalue weighted by Crippen LogP contribution is 2.24. The molecule has 1 amide bonds. The third-order valence-corrected chi connectivity index (χ3v) is 9.95. The maximum absolute atomic E-state index is 13.5. The topological polar surface area (TPSA) is 53.2 Å². The van der Waals surface area contributed by atoms with Crippen LogP contribution in [0.4, 0.5) is 0 Å². The number of nitrogens with one attached hydrogen (secondary N) is 1. The zero-order chi connectivity index (χ0) is 33.4. The van der Waals surface area contributed by atoms with E-state index in [4.69, 9.17) is 0 Å². The van der Waals surface area contributed by atoms with E-state index in [-0.39, 0.29) is 11.7 Å². The Hall–Kier alpha value is -2.88. The molecule has 1 aromatic heterocycles. The monoisotopic (exact) mass is 643 g/mol. The van der Waals surface area contributed by atoms with Crippen LogP contribution in [0.5, 0.6) is 0 Å². The molecule has 0 radical (unpaired) electrons. The second kappa shape index (κ2) is 24.3. The maximum Gasteiger partial charge on any atom is 0.255 e. The highest BCUT2D eigenvalue weighted by atomic mass is 16.2. The van der Waals surface area contributed by atoms with Crippen LogP contribution in [0.1, 0.15) is 187 Å². The number of carbonyl (C=O) groups excluding carboxylic acids is 2. The predicted molar refractivity (Wildman–Crippen MR) is 202 cm³/mol. The van der Waals surface area contributed by atoms with Crippen molar-refractivity contribution < 1.29 is 9.59 Å². The van der Waals surface area contributed by atoms with Gasteiger partial charge in [-0.3, -0.25) is 9.59 Å². The van der Waals surface area contributed by atoms with Gasteiger partial charge in [-0.15, -0.1) is 0 Å². The Morgan fingerprint density at radius 3 is 1.45 bits per heavy atom. The van der Waals surface area contributed by atoms with Crippen LogP contribution >= 0.6 is 0 Å². The Kier molecular flexibility index (Phi) is 19.9. The molecule has 0 fully saturated rings. The molecule has 4 heteroatoms. The molecular formula is C43H66N2O2. The highest BCUT2D eigenvalue weighted by molar-refractivity contribution is 6.20.